The van der Waals surface area contributed by atoms with Gasteiger partial charge in [0.25, 0.3) is 0 Å². The van der Waals surface area contributed by atoms with Crippen molar-refractivity contribution in [3.8, 4) is 0 Å². The van der Waals surface area contributed by atoms with Crippen molar-refractivity contribution >= 4 is 5.97 Å². The molecule has 0 radical (unpaired) electrons. The van der Waals surface area contributed by atoms with Crippen molar-refractivity contribution in [2.45, 2.75) is 59.3 Å². The third-order valence-electron chi connectivity index (χ3n) is 1.98. The van der Waals surface area contributed by atoms with Crippen LogP contribution in [0.25, 0.3) is 0 Å². The van der Waals surface area contributed by atoms with Gasteiger partial charge in [0.15, 0.2) is 0 Å². The number of hydrogen-bond acceptors (Lipinski definition) is 1. The highest BCUT2D eigenvalue weighted by atomic mass is 16.4. The van der Waals surface area contributed by atoms with Crippen LogP contribution in [0.5, 0.6) is 0 Å². The molecule has 0 aliphatic heterocycles. The van der Waals surface area contributed by atoms with Crippen molar-refractivity contribution in [3.63, 3.8) is 0 Å². The number of aliphatic carboxylic acids is 1. The highest BCUT2D eigenvalue weighted by Gasteiger charge is 1.90. The molecule has 94 valence electrons. The van der Waals surface area contributed by atoms with E-state index in [2.05, 4.69) is 32.6 Å². The number of carbonyl (C=O) groups is 1. The van der Waals surface area contributed by atoms with Crippen LogP contribution in [0.15, 0.2) is 24.3 Å². The minimum Gasteiger partial charge on any atom is -0.478 e. The fraction of sp³-hybridized carbons (Fsp3) is 0.643. The van der Waals surface area contributed by atoms with Crippen molar-refractivity contribution in [2.24, 2.45) is 0 Å². The Morgan fingerprint density at radius 1 is 1.12 bits per heavy atom. The van der Waals surface area contributed by atoms with E-state index in [4.69, 9.17) is 5.11 Å². The topological polar surface area (TPSA) is 37.3 Å². The summed E-state index contributed by atoms with van der Waals surface area (Å²) >= 11 is 0. The third-order valence-corrected chi connectivity index (χ3v) is 1.98. The summed E-state index contributed by atoms with van der Waals surface area (Å²) in [7, 11) is 0. The molecular weight excluding hydrogens is 200 g/mol. The fourth-order valence-electron chi connectivity index (χ4n) is 0.880. The Balaban J connectivity index is 0. The summed E-state index contributed by atoms with van der Waals surface area (Å²) in [5.74, 6) is -0.935. The SMILES string of the molecule is C=C(C)C(=O)O.CCCCC=CCCCC. The minimum absolute atomic E-state index is 0.176. The second-order valence-corrected chi connectivity index (χ2v) is 3.84. The van der Waals surface area contributed by atoms with E-state index in [1.54, 1.807) is 0 Å². The highest BCUT2D eigenvalue weighted by molar-refractivity contribution is 5.84. The van der Waals surface area contributed by atoms with Crippen LogP contribution >= 0.6 is 0 Å². The Labute approximate surface area is 100 Å². The van der Waals surface area contributed by atoms with E-state index in [1.807, 2.05) is 0 Å². The van der Waals surface area contributed by atoms with E-state index in [-0.39, 0.29) is 5.57 Å². The predicted molar refractivity (Wildman–Crippen MR) is 70.6 cm³/mol. The third kappa shape index (κ3) is 18.7. The maximum absolute atomic E-state index is 9.60. The number of carboxylic acid groups (broad SMARTS) is 1. The first-order chi connectivity index (χ1) is 7.56. The quantitative estimate of drug-likeness (QED) is 0.392. The summed E-state index contributed by atoms with van der Waals surface area (Å²) in [4.78, 5) is 9.60. The first-order valence-corrected chi connectivity index (χ1v) is 6.10. The van der Waals surface area contributed by atoms with Gasteiger partial charge in [0.2, 0.25) is 0 Å². The molecule has 0 aliphatic rings. The van der Waals surface area contributed by atoms with Crippen molar-refractivity contribution in [1.29, 1.82) is 0 Å². The van der Waals surface area contributed by atoms with E-state index in [0.29, 0.717) is 0 Å². The molecule has 0 saturated carbocycles. The van der Waals surface area contributed by atoms with Crippen LogP contribution in [-0.2, 0) is 4.79 Å². The monoisotopic (exact) mass is 226 g/mol. The first-order valence-electron chi connectivity index (χ1n) is 6.10. The maximum atomic E-state index is 9.60. The van der Waals surface area contributed by atoms with Gasteiger partial charge in [-0.2, -0.15) is 0 Å². The van der Waals surface area contributed by atoms with Crippen LogP contribution in [0.2, 0.25) is 0 Å². The van der Waals surface area contributed by atoms with Gasteiger partial charge in [-0.1, -0.05) is 58.3 Å². The molecule has 0 aromatic heterocycles. The van der Waals surface area contributed by atoms with E-state index < -0.39 is 5.97 Å². The van der Waals surface area contributed by atoms with Gasteiger partial charge in [-0.15, -0.1) is 0 Å². The average Bonchev–Trinajstić information content (AvgIpc) is 2.24. The molecule has 0 fully saturated rings. The van der Waals surface area contributed by atoms with Crippen LogP contribution < -0.4 is 0 Å². The maximum Gasteiger partial charge on any atom is 0.330 e. The van der Waals surface area contributed by atoms with Gasteiger partial charge in [0.1, 0.15) is 0 Å². The van der Waals surface area contributed by atoms with Crippen LogP contribution in [-0.4, -0.2) is 11.1 Å². The van der Waals surface area contributed by atoms with Crippen LogP contribution in [0, 0.1) is 0 Å². The molecule has 0 heterocycles. The lowest BCUT2D eigenvalue weighted by Crippen LogP contribution is -1.92. The molecule has 0 rings (SSSR count). The standard InChI is InChI=1S/C10H20.C4H6O2/c1-3-5-7-9-10-8-6-4-2;1-3(2)4(5)6/h9-10H,3-8H2,1-2H3;1H2,2H3,(H,5,6). The highest BCUT2D eigenvalue weighted by Crippen LogP contribution is 1.99. The van der Waals surface area contributed by atoms with Crippen LogP contribution in [0.3, 0.4) is 0 Å². The Morgan fingerprint density at radius 3 is 1.62 bits per heavy atom. The normalized spacial score (nSPS) is 9.69. The molecule has 2 nitrogen and oxygen atoms in total. The summed E-state index contributed by atoms with van der Waals surface area (Å²) in [6, 6.07) is 0. The van der Waals surface area contributed by atoms with E-state index in [1.165, 1.54) is 45.4 Å². The summed E-state index contributed by atoms with van der Waals surface area (Å²) < 4.78 is 0. The average molecular weight is 226 g/mol. The predicted octanol–water partition coefficient (Wildman–Crippen LogP) is 4.57. The smallest absolute Gasteiger partial charge is 0.330 e. The molecule has 0 atom stereocenters. The summed E-state index contributed by atoms with van der Waals surface area (Å²) in [6.07, 6.45) is 12.5. The Bertz CT molecular complexity index is 183. The summed E-state index contributed by atoms with van der Waals surface area (Å²) in [5.41, 5.74) is 0.176. The van der Waals surface area contributed by atoms with E-state index in [9.17, 15) is 4.79 Å². The molecule has 0 aromatic carbocycles. The number of allylic oxidation sites excluding steroid dienone is 2. The molecule has 0 saturated heterocycles. The molecule has 1 N–H and O–H groups in total. The molecular formula is C14H26O2. The van der Waals surface area contributed by atoms with Crippen molar-refractivity contribution in [3.05, 3.63) is 24.3 Å². The van der Waals surface area contributed by atoms with Gasteiger partial charge in [-0.3, -0.25) is 0 Å². The number of unbranched alkanes of at least 4 members (excludes halogenated alkanes) is 4. The number of carboxylic acids is 1. The van der Waals surface area contributed by atoms with E-state index in [0.717, 1.165) is 0 Å². The molecule has 0 amide bonds. The van der Waals surface area contributed by atoms with Gasteiger partial charge in [0.05, 0.1) is 0 Å². The number of hydrogen-bond donors (Lipinski definition) is 1. The van der Waals surface area contributed by atoms with Gasteiger partial charge in [-0.25, -0.2) is 4.79 Å². The van der Waals surface area contributed by atoms with Crippen LogP contribution in [0.4, 0.5) is 0 Å². The molecule has 0 unspecified atom stereocenters. The molecule has 16 heavy (non-hydrogen) atoms. The summed E-state index contributed by atoms with van der Waals surface area (Å²) in [6.45, 7) is 9.07. The van der Waals surface area contributed by atoms with Gasteiger partial charge >= 0.3 is 5.97 Å². The van der Waals surface area contributed by atoms with Gasteiger partial charge < -0.3 is 5.11 Å². The molecule has 0 aliphatic carbocycles. The molecule has 2 heteroatoms. The van der Waals surface area contributed by atoms with Crippen molar-refractivity contribution in [2.75, 3.05) is 0 Å². The molecule has 0 aromatic rings. The summed E-state index contributed by atoms with van der Waals surface area (Å²) in [5, 5.41) is 7.89. The van der Waals surface area contributed by atoms with Gasteiger partial charge in [0, 0.05) is 5.57 Å². The second kappa shape index (κ2) is 13.9. The Kier molecular flexibility index (Phi) is 15.1. The van der Waals surface area contributed by atoms with Crippen molar-refractivity contribution < 1.29 is 9.90 Å². The zero-order chi connectivity index (χ0) is 12.8. The lowest BCUT2D eigenvalue weighted by atomic mass is 10.2. The lowest BCUT2D eigenvalue weighted by molar-refractivity contribution is -0.132. The minimum atomic E-state index is -0.935. The molecule has 0 bridgehead atoms. The fourth-order valence-corrected chi connectivity index (χ4v) is 0.880. The molecule has 0 spiro atoms. The largest absolute Gasteiger partial charge is 0.478 e. The van der Waals surface area contributed by atoms with Crippen LogP contribution in [0.1, 0.15) is 59.3 Å². The second-order valence-electron chi connectivity index (χ2n) is 3.84. The lowest BCUT2D eigenvalue weighted by Gasteiger charge is -1.89. The zero-order valence-corrected chi connectivity index (χ0v) is 11.0. The Morgan fingerprint density at radius 2 is 1.44 bits per heavy atom. The van der Waals surface area contributed by atoms with E-state index >= 15 is 0 Å². The Hall–Kier alpha value is -1.05. The zero-order valence-electron chi connectivity index (χ0n) is 11.0. The van der Waals surface area contributed by atoms with Crippen molar-refractivity contribution in [1.82, 2.24) is 0 Å². The van der Waals surface area contributed by atoms with Gasteiger partial charge in [-0.05, 0) is 19.8 Å². The number of rotatable bonds is 7. The first kappa shape index (κ1) is 17.3.